The predicted molar refractivity (Wildman–Crippen MR) is 135 cm³/mol. The molecule has 0 aliphatic rings. The number of ether oxygens (including phenoxy) is 1. The van der Waals surface area contributed by atoms with Crippen molar-refractivity contribution in [2.24, 2.45) is 0 Å². The number of fused-ring (bicyclic) bond motifs is 1. The molecule has 5 nitrogen and oxygen atoms in total. The Balaban J connectivity index is 1.67. The summed E-state index contributed by atoms with van der Waals surface area (Å²) < 4.78 is 40.6. The van der Waals surface area contributed by atoms with Gasteiger partial charge < -0.3 is 9.15 Å². The lowest BCUT2D eigenvalue weighted by Crippen LogP contribution is -2.32. The van der Waals surface area contributed by atoms with Gasteiger partial charge in [-0.1, -0.05) is 60.2 Å². The third kappa shape index (κ3) is 5.41. The van der Waals surface area contributed by atoms with Crippen molar-refractivity contribution in [3.8, 4) is 0 Å². The molecule has 0 saturated carbocycles. The fraction of sp³-hybridized carbons (Fsp3) is 0.286. The minimum absolute atomic E-state index is 0.270. The van der Waals surface area contributed by atoms with Crippen LogP contribution < -0.4 is 0 Å². The lowest BCUT2D eigenvalue weighted by atomic mass is 10.1. The highest BCUT2D eigenvalue weighted by Gasteiger charge is 2.26. The number of nitrogens with zero attached hydrogens (tertiary/aromatic N) is 1. The highest BCUT2D eigenvalue weighted by atomic mass is 32.2. The zero-order valence-electron chi connectivity index (χ0n) is 20.0. The van der Waals surface area contributed by atoms with Gasteiger partial charge in [-0.05, 0) is 56.5 Å². The highest BCUT2D eigenvalue weighted by molar-refractivity contribution is 7.89. The van der Waals surface area contributed by atoms with Gasteiger partial charge in [-0.25, -0.2) is 8.42 Å². The van der Waals surface area contributed by atoms with E-state index >= 15 is 0 Å². The summed E-state index contributed by atoms with van der Waals surface area (Å²) in [5, 5.41) is 0.800. The van der Waals surface area contributed by atoms with E-state index in [4.69, 9.17) is 9.15 Å². The molecule has 0 amide bonds. The average Bonchev–Trinajstić information content (AvgIpc) is 3.17. The van der Waals surface area contributed by atoms with Gasteiger partial charge in [0, 0.05) is 30.6 Å². The van der Waals surface area contributed by atoms with Crippen molar-refractivity contribution < 1.29 is 17.6 Å². The number of sulfonamides is 1. The number of rotatable bonds is 10. The maximum absolute atomic E-state index is 13.8. The first-order chi connectivity index (χ1) is 16.4. The van der Waals surface area contributed by atoms with Crippen molar-refractivity contribution in [2.75, 3.05) is 13.2 Å². The normalized spacial score (nSPS) is 12.0. The van der Waals surface area contributed by atoms with Crippen LogP contribution in [0.3, 0.4) is 0 Å². The average molecular weight is 478 g/mol. The van der Waals surface area contributed by atoms with Crippen molar-refractivity contribution in [2.45, 2.75) is 45.2 Å². The van der Waals surface area contributed by atoms with E-state index in [-0.39, 0.29) is 4.90 Å². The van der Waals surface area contributed by atoms with Crippen molar-refractivity contribution in [3.63, 3.8) is 0 Å². The van der Waals surface area contributed by atoms with E-state index in [1.54, 1.807) is 22.5 Å². The summed E-state index contributed by atoms with van der Waals surface area (Å²) in [4.78, 5) is 0.270. The fourth-order valence-electron chi connectivity index (χ4n) is 3.97. The number of benzene rings is 3. The van der Waals surface area contributed by atoms with Crippen LogP contribution >= 0.6 is 0 Å². The molecule has 0 atom stereocenters. The van der Waals surface area contributed by atoms with E-state index in [1.807, 2.05) is 75.4 Å². The summed E-state index contributed by atoms with van der Waals surface area (Å²) in [5.41, 5.74) is 4.79. The zero-order valence-corrected chi connectivity index (χ0v) is 20.8. The Hall–Kier alpha value is -2.93. The SMILES string of the molecule is CCOCc1oc2ccc(S(=O)(=O)N(CCc3ccccc3)Cc3ccc(C)cc3)cc2c1C. The first kappa shape index (κ1) is 24.2. The van der Waals surface area contributed by atoms with Gasteiger partial charge in [-0.15, -0.1) is 0 Å². The maximum Gasteiger partial charge on any atom is 0.243 e. The van der Waals surface area contributed by atoms with Gasteiger partial charge in [-0.3, -0.25) is 0 Å². The molecule has 0 radical (unpaired) electrons. The Kier molecular flexibility index (Phi) is 7.51. The summed E-state index contributed by atoms with van der Waals surface area (Å²) in [6.07, 6.45) is 0.636. The van der Waals surface area contributed by atoms with E-state index < -0.39 is 10.0 Å². The smallest absolute Gasteiger partial charge is 0.243 e. The van der Waals surface area contributed by atoms with Crippen LogP contribution in [0.25, 0.3) is 11.0 Å². The number of aryl methyl sites for hydroxylation is 2. The third-order valence-electron chi connectivity index (χ3n) is 6.05. The number of hydrogen-bond donors (Lipinski definition) is 0. The van der Waals surface area contributed by atoms with E-state index in [0.29, 0.717) is 38.3 Å². The Morgan fingerprint density at radius 2 is 1.65 bits per heavy atom. The summed E-state index contributed by atoms with van der Waals surface area (Å²) in [6, 6.07) is 23.1. The third-order valence-corrected chi connectivity index (χ3v) is 7.89. The summed E-state index contributed by atoms with van der Waals surface area (Å²) in [6.45, 7) is 7.56. The van der Waals surface area contributed by atoms with Crippen LogP contribution in [0.15, 0.2) is 82.1 Å². The first-order valence-electron chi connectivity index (χ1n) is 11.6. The molecule has 0 aliphatic heterocycles. The van der Waals surface area contributed by atoms with Crippen LogP contribution in [0.2, 0.25) is 0 Å². The zero-order chi connectivity index (χ0) is 24.1. The number of hydrogen-bond acceptors (Lipinski definition) is 4. The first-order valence-corrected chi connectivity index (χ1v) is 13.0. The Bertz CT molecular complexity index is 1340. The molecule has 0 bridgehead atoms. The quantitative estimate of drug-likeness (QED) is 0.280. The lowest BCUT2D eigenvalue weighted by molar-refractivity contribution is 0.119. The van der Waals surface area contributed by atoms with Gasteiger partial charge in [0.15, 0.2) is 0 Å². The van der Waals surface area contributed by atoms with E-state index in [2.05, 4.69) is 0 Å². The summed E-state index contributed by atoms with van der Waals surface area (Å²) in [7, 11) is -3.74. The van der Waals surface area contributed by atoms with Crippen LogP contribution in [-0.4, -0.2) is 25.9 Å². The topological polar surface area (TPSA) is 59.8 Å². The summed E-state index contributed by atoms with van der Waals surface area (Å²) in [5.74, 6) is 0.729. The van der Waals surface area contributed by atoms with Gasteiger partial charge in [0.25, 0.3) is 0 Å². The van der Waals surface area contributed by atoms with Gasteiger partial charge in [0.2, 0.25) is 10.0 Å². The molecule has 3 aromatic carbocycles. The van der Waals surface area contributed by atoms with E-state index in [0.717, 1.165) is 33.4 Å². The molecule has 0 saturated heterocycles. The van der Waals surface area contributed by atoms with Gasteiger partial charge >= 0.3 is 0 Å². The molecule has 0 fully saturated rings. The Morgan fingerprint density at radius 3 is 2.35 bits per heavy atom. The molecular weight excluding hydrogens is 446 g/mol. The Morgan fingerprint density at radius 1 is 0.912 bits per heavy atom. The van der Waals surface area contributed by atoms with E-state index in [9.17, 15) is 8.42 Å². The van der Waals surface area contributed by atoms with Crippen LogP contribution in [0, 0.1) is 13.8 Å². The largest absolute Gasteiger partial charge is 0.458 e. The highest BCUT2D eigenvalue weighted by Crippen LogP contribution is 2.30. The van der Waals surface area contributed by atoms with Gasteiger partial charge in [0.1, 0.15) is 18.0 Å². The molecule has 0 spiro atoms. The van der Waals surface area contributed by atoms with Crippen LogP contribution in [-0.2, 0) is 34.3 Å². The van der Waals surface area contributed by atoms with Crippen molar-refractivity contribution in [1.82, 2.24) is 4.31 Å². The standard InChI is InChI=1S/C28H31NO4S/c1-4-32-20-28-22(3)26-18-25(14-15-27(26)33-28)34(30,31)29(17-16-23-8-6-5-7-9-23)19-24-12-10-21(2)11-13-24/h5-15,18H,4,16-17,19-20H2,1-3H3. The maximum atomic E-state index is 13.8. The van der Waals surface area contributed by atoms with Crippen LogP contribution in [0.1, 0.15) is 34.9 Å². The molecule has 0 aliphatic carbocycles. The van der Waals surface area contributed by atoms with E-state index in [1.165, 1.54) is 0 Å². The molecule has 4 rings (SSSR count). The molecule has 1 heterocycles. The molecule has 0 unspecified atom stereocenters. The molecule has 4 aromatic rings. The second-order valence-electron chi connectivity index (χ2n) is 8.51. The van der Waals surface area contributed by atoms with Crippen LogP contribution in [0.5, 0.6) is 0 Å². The van der Waals surface area contributed by atoms with Gasteiger partial charge in [0.05, 0.1) is 4.90 Å². The molecule has 6 heteroatoms. The van der Waals surface area contributed by atoms with Crippen molar-refractivity contribution in [1.29, 1.82) is 0 Å². The number of furan rings is 1. The second-order valence-corrected chi connectivity index (χ2v) is 10.4. The molecular formula is C28H31NO4S. The molecule has 34 heavy (non-hydrogen) atoms. The summed E-state index contributed by atoms with van der Waals surface area (Å²) >= 11 is 0. The predicted octanol–water partition coefficient (Wildman–Crippen LogP) is 6.02. The Labute approximate surface area is 202 Å². The minimum Gasteiger partial charge on any atom is -0.458 e. The second kappa shape index (κ2) is 10.6. The lowest BCUT2D eigenvalue weighted by Gasteiger charge is -2.23. The molecule has 178 valence electrons. The van der Waals surface area contributed by atoms with Crippen molar-refractivity contribution >= 4 is 21.0 Å². The van der Waals surface area contributed by atoms with Crippen LogP contribution in [0.4, 0.5) is 0 Å². The molecule has 0 N–H and O–H groups in total. The fourth-order valence-corrected chi connectivity index (χ4v) is 5.43. The van der Waals surface area contributed by atoms with Crippen molar-refractivity contribution in [3.05, 3.63) is 101 Å². The monoisotopic (exact) mass is 477 g/mol. The minimum atomic E-state index is -3.74. The molecule has 1 aromatic heterocycles. The van der Waals surface area contributed by atoms with Gasteiger partial charge in [-0.2, -0.15) is 4.31 Å².